The molecular formula is C60H61FN30O5. The number of hydrogen-bond donors (Lipinski definition) is 6. The van der Waals surface area contributed by atoms with Crippen molar-refractivity contribution in [2.75, 3.05) is 63.2 Å². The summed E-state index contributed by atoms with van der Waals surface area (Å²) in [7, 11) is 13.4. The van der Waals surface area contributed by atoms with E-state index < -0.39 is 5.95 Å². The number of methoxy groups -OCH3 is 3. The summed E-state index contributed by atoms with van der Waals surface area (Å²) in [5, 5.41) is 24.7. The SMILES string of the molecule is C=C(N)c1c(-c2ccnc(C)c2)nn(C)c1N.COc1ncc(-c2nn(C)c3ncnc(N)c23)c(OC)n1.COc1ncc(-c2nn(C)c3ncnc(N)c23)cn1.Cn1nc(-c2ccc(F)nc2)c2c(N)ncnc21.Cn1nc(-c2ccc3c(c2)OCCO3)c2c(N)ncnc21. The molecule has 14 heterocycles. The van der Waals surface area contributed by atoms with Crippen molar-refractivity contribution in [1.82, 2.24) is 119 Å². The van der Waals surface area contributed by atoms with Crippen LogP contribution in [0.3, 0.4) is 0 Å². The van der Waals surface area contributed by atoms with Gasteiger partial charge in [-0.15, -0.1) is 0 Å². The molecule has 36 heteroatoms. The number of aromatic nitrogens is 24. The number of nitrogens with two attached hydrogens (primary N) is 6. The Balaban J connectivity index is 0.000000122. The number of rotatable bonds is 9. The van der Waals surface area contributed by atoms with Crippen LogP contribution < -0.4 is 58.1 Å². The number of nitrogen functional groups attached to an aromatic ring is 5. The Hall–Kier alpha value is -13.4. The number of pyridine rings is 2. The molecule has 14 aromatic rings. The fraction of sp³-hybridized carbons (Fsp3) is 0.183. The first-order valence-corrected chi connectivity index (χ1v) is 28.5. The summed E-state index contributed by atoms with van der Waals surface area (Å²) in [5.74, 6) is 3.24. The Bertz CT molecular complexity index is 5190. The summed E-state index contributed by atoms with van der Waals surface area (Å²) >= 11 is 0. The molecule has 1 aromatic carbocycles. The number of ether oxygens (including phenoxy) is 5. The van der Waals surface area contributed by atoms with Crippen LogP contribution in [0.15, 0.2) is 105 Å². The maximum absolute atomic E-state index is 12.8. The van der Waals surface area contributed by atoms with E-state index in [1.807, 2.05) is 44.3 Å². The molecule has 0 spiro atoms. The molecule has 15 rings (SSSR count). The highest BCUT2D eigenvalue weighted by molar-refractivity contribution is 6.01. The monoisotopic (exact) mass is 1300 g/mol. The molecule has 0 bridgehead atoms. The molecule has 0 aliphatic carbocycles. The average molecular weight is 1300 g/mol. The number of benzene rings is 1. The van der Waals surface area contributed by atoms with Gasteiger partial charge in [0.25, 0.3) is 0 Å². The van der Waals surface area contributed by atoms with E-state index in [-0.39, 0.29) is 6.01 Å². The van der Waals surface area contributed by atoms with Crippen LogP contribution in [-0.2, 0) is 35.2 Å². The van der Waals surface area contributed by atoms with Gasteiger partial charge in [0.05, 0.1) is 54.0 Å². The third kappa shape index (κ3) is 12.8. The zero-order chi connectivity index (χ0) is 68.1. The second-order valence-electron chi connectivity index (χ2n) is 20.6. The van der Waals surface area contributed by atoms with Crippen molar-refractivity contribution in [2.45, 2.75) is 6.92 Å². The fourth-order valence-electron chi connectivity index (χ4n) is 10.00. The number of fused-ring (bicyclic) bond motifs is 5. The molecule has 0 amide bonds. The largest absolute Gasteiger partial charge is 0.486 e. The molecule has 488 valence electrons. The topological polar surface area (TPSA) is 472 Å². The van der Waals surface area contributed by atoms with Crippen LogP contribution in [0.2, 0.25) is 0 Å². The molecule has 0 atom stereocenters. The highest BCUT2D eigenvalue weighted by Gasteiger charge is 2.23. The lowest BCUT2D eigenvalue weighted by molar-refractivity contribution is 0.171. The van der Waals surface area contributed by atoms with Gasteiger partial charge in [-0.1, -0.05) is 6.58 Å². The van der Waals surface area contributed by atoms with Gasteiger partial charge in [0.15, 0.2) is 34.1 Å². The summed E-state index contributed by atoms with van der Waals surface area (Å²) < 4.78 is 47.3. The Morgan fingerprint density at radius 2 is 0.917 bits per heavy atom. The van der Waals surface area contributed by atoms with Crippen molar-refractivity contribution >= 4 is 78.9 Å². The molecule has 13 aromatic heterocycles. The first-order chi connectivity index (χ1) is 46.3. The predicted octanol–water partition coefficient (Wildman–Crippen LogP) is 4.66. The Morgan fingerprint density at radius 3 is 1.41 bits per heavy atom. The minimum absolute atomic E-state index is 0.208. The zero-order valence-corrected chi connectivity index (χ0v) is 53.0. The van der Waals surface area contributed by atoms with Crippen molar-refractivity contribution in [1.29, 1.82) is 0 Å². The number of anilines is 5. The summed E-state index contributed by atoms with van der Waals surface area (Å²) in [4.78, 5) is 56.8. The van der Waals surface area contributed by atoms with Gasteiger partial charge >= 0.3 is 12.0 Å². The summed E-state index contributed by atoms with van der Waals surface area (Å²) in [6, 6.07) is 12.9. The smallest absolute Gasteiger partial charge is 0.319 e. The maximum atomic E-state index is 12.8. The predicted molar refractivity (Wildman–Crippen MR) is 353 cm³/mol. The molecule has 96 heavy (non-hydrogen) atoms. The van der Waals surface area contributed by atoms with Gasteiger partial charge < -0.3 is 58.1 Å². The Kier molecular flexibility index (Phi) is 18.1. The number of halogens is 1. The minimum Gasteiger partial charge on any atom is -0.486 e. The molecule has 12 N–H and O–H groups in total. The van der Waals surface area contributed by atoms with Gasteiger partial charge in [0.1, 0.15) is 96.1 Å². The Morgan fingerprint density at radius 1 is 0.469 bits per heavy atom. The van der Waals surface area contributed by atoms with Gasteiger partial charge in [-0.25, -0.2) is 78.5 Å². The van der Waals surface area contributed by atoms with Gasteiger partial charge in [-0.3, -0.25) is 9.67 Å². The highest BCUT2D eigenvalue weighted by atomic mass is 19.1. The molecule has 0 unspecified atom stereocenters. The number of hydrogen-bond acceptors (Lipinski definition) is 30. The lowest BCUT2D eigenvalue weighted by Crippen LogP contribution is -2.15. The lowest BCUT2D eigenvalue weighted by Gasteiger charge is -2.18. The molecule has 1 aliphatic rings. The molecule has 0 saturated heterocycles. The molecule has 0 saturated carbocycles. The van der Waals surface area contributed by atoms with Crippen molar-refractivity contribution in [3.63, 3.8) is 0 Å². The fourth-order valence-corrected chi connectivity index (χ4v) is 10.00. The van der Waals surface area contributed by atoms with E-state index in [0.29, 0.717) is 138 Å². The number of aryl methyl sites for hydroxylation is 6. The van der Waals surface area contributed by atoms with Crippen LogP contribution in [0.25, 0.3) is 106 Å². The first kappa shape index (κ1) is 64.1. The summed E-state index contributed by atoms with van der Waals surface area (Å²) in [5.41, 5.74) is 47.1. The Labute approximate surface area is 543 Å². The van der Waals surface area contributed by atoms with E-state index in [2.05, 4.69) is 102 Å². The van der Waals surface area contributed by atoms with Crippen LogP contribution >= 0.6 is 0 Å². The third-order valence-electron chi connectivity index (χ3n) is 14.4. The van der Waals surface area contributed by atoms with Gasteiger partial charge in [-0.2, -0.15) is 34.9 Å². The second kappa shape index (κ2) is 27.2. The lowest BCUT2D eigenvalue weighted by atomic mass is 10.1. The van der Waals surface area contributed by atoms with Crippen molar-refractivity contribution < 1.29 is 28.1 Å². The zero-order valence-electron chi connectivity index (χ0n) is 53.0. The molecule has 35 nitrogen and oxygen atoms in total. The molecular weight excluding hydrogens is 1240 g/mol. The second-order valence-corrected chi connectivity index (χ2v) is 20.6. The number of nitrogens with zero attached hydrogens (tertiary/aromatic N) is 24. The van der Waals surface area contributed by atoms with E-state index >= 15 is 0 Å². The van der Waals surface area contributed by atoms with Crippen molar-refractivity contribution in [3.05, 3.63) is 123 Å². The summed E-state index contributed by atoms with van der Waals surface area (Å²) in [6.45, 7) is 6.78. The average Bonchev–Trinajstić information content (AvgIpc) is 1.64. The van der Waals surface area contributed by atoms with Crippen molar-refractivity contribution in [2.24, 2.45) is 41.0 Å². The van der Waals surface area contributed by atoms with Crippen LogP contribution in [0.4, 0.5) is 33.5 Å². The van der Waals surface area contributed by atoms with Gasteiger partial charge in [0.2, 0.25) is 11.8 Å². The van der Waals surface area contributed by atoms with E-state index in [9.17, 15) is 4.39 Å². The third-order valence-corrected chi connectivity index (χ3v) is 14.4. The highest BCUT2D eigenvalue weighted by Crippen LogP contribution is 2.39. The van der Waals surface area contributed by atoms with E-state index in [0.717, 1.165) is 44.9 Å². The van der Waals surface area contributed by atoms with E-state index in [1.165, 1.54) is 58.9 Å². The molecule has 1 aliphatic heterocycles. The maximum Gasteiger partial charge on any atom is 0.319 e. The van der Waals surface area contributed by atoms with Crippen LogP contribution in [0.5, 0.6) is 29.4 Å². The normalized spacial score (nSPS) is 11.4. The van der Waals surface area contributed by atoms with E-state index in [4.69, 9.17) is 58.1 Å². The first-order valence-electron chi connectivity index (χ1n) is 28.5. The van der Waals surface area contributed by atoms with Gasteiger partial charge in [0, 0.05) is 99.9 Å². The minimum atomic E-state index is -0.539. The standard InChI is InChI=1S/C14H13N5O2.C12H13N7O2.C12H15N5.C11H9FN6.C11H11N7O/c1-19-14-11(13(15)16-7-17-14)12(18-19)8-2-3-9-10(6-8)21-5-4-20-9;1-19-10-7(9(13)15-5-16-10)8(18-19)6-4-14-12(21-3)17-11(6)20-2;1-7-6-9(4-5-15-7)11-10(8(2)13)12(14)17(3)16-11;1-18-11-8(10(13)15-5-16-11)9(17-18)6-2-3-7(12)14-4-6;1-18-10-7(9(12)15-5-16-10)8(17-18)6-3-13-11(19-2)14-4-6/h2-3,6-7H,4-5H2,1H3,(H2,15,16,17);4-5H,1-3H3,(H2,13,15,16);4-6H,2,13-14H2,1,3H3;2-5H,1H3,(H2,13,15,16);3-5H,1-2H3,(H2,12,15,16). The quantitative estimate of drug-likeness (QED) is 0.107. The summed E-state index contributed by atoms with van der Waals surface area (Å²) in [6.07, 6.45) is 13.6. The van der Waals surface area contributed by atoms with Crippen LogP contribution in [-0.4, -0.2) is 153 Å². The van der Waals surface area contributed by atoms with Crippen LogP contribution in [0.1, 0.15) is 11.3 Å². The molecule has 0 fully saturated rings. The van der Waals surface area contributed by atoms with E-state index in [1.54, 1.807) is 82.5 Å². The van der Waals surface area contributed by atoms with Crippen LogP contribution in [0, 0.1) is 12.9 Å². The van der Waals surface area contributed by atoms with Gasteiger partial charge in [-0.05, 0) is 49.4 Å². The molecule has 0 radical (unpaired) electrons. The van der Waals surface area contributed by atoms with Crippen molar-refractivity contribution in [3.8, 4) is 85.7 Å².